The predicted octanol–water partition coefficient (Wildman–Crippen LogP) is 3.75. The van der Waals surface area contributed by atoms with Crippen LogP contribution in [0.15, 0.2) is 0 Å². The number of hydrogen-bond donors (Lipinski definition) is 2. The van der Waals surface area contributed by atoms with Crippen molar-refractivity contribution in [2.24, 2.45) is 34.5 Å². The normalized spacial score (nSPS) is 60.0. The minimum absolute atomic E-state index is 0.0154. The molecule has 0 aromatic heterocycles. The quantitative estimate of drug-likeness (QED) is 0.714. The first-order chi connectivity index (χ1) is 9.97. The molecule has 0 heterocycles. The van der Waals surface area contributed by atoms with Gasteiger partial charge >= 0.3 is 0 Å². The molecule has 0 amide bonds. The summed E-state index contributed by atoms with van der Waals surface area (Å²) in [5.41, 5.74) is 0.541. The van der Waals surface area contributed by atoms with E-state index in [1.54, 1.807) is 0 Å². The fourth-order valence-electron chi connectivity index (χ4n) is 7.28. The molecule has 120 valence electrons. The molecule has 0 radical (unpaired) electrons. The van der Waals surface area contributed by atoms with E-state index >= 15 is 0 Å². The molecule has 0 saturated heterocycles. The zero-order chi connectivity index (χ0) is 14.8. The summed E-state index contributed by atoms with van der Waals surface area (Å²) < 4.78 is 0. The Morgan fingerprint density at radius 2 is 1.62 bits per heavy atom. The van der Waals surface area contributed by atoms with Crippen LogP contribution in [0.4, 0.5) is 0 Å². The first-order valence-corrected chi connectivity index (χ1v) is 9.33. The molecule has 4 rings (SSSR count). The molecule has 0 aromatic carbocycles. The van der Waals surface area contributed by atoms with Gasteiger partial charge in [-0.15, -0.1) is 0 Å². The van der Waals surface area contributed by atoms with E-state index in [0.717, 1.165) is 30.6 Å². The number of hydrogen-bond acceptors (Lipinski definition) is 2. The molecule has 0 bridgehead atoms. The van der Waals surface area contributed by atoms with E-state index in [0.29, 0.717) is 11.3 Å². The van der Waals surface area contributed by atoms with Crippen LogP contribution in [0.5, 0.6) is 0 Å². The highest BCUT2D eigenvalue weighted by Crippen LogP contribution is 2.66. The highest BCUT2D eigenvalue weighted by atomic mass is 16.3. The van der Waals surface area contributed by atoms with Crippen molar-refractivity contribution in [2.75, 3.05) is 0 Å². The summed E-state index contributed by atoms with van der Waals surface area (Å²) in [6, 6.07) is 0. The highest BCUT2D eigenvalue weighted by Gasteiger charge is 2.61. The monoisotopic (exact) mass is 292 g/mol. The van der Waals surface area contributed by atoms with Gasteiger partial charge in [-0.1, -0.05) is 26.7 Å². The first-order valence-electron chi connectivity index (χ1n) is 9.33. The van der Waals surface area contributed by atoms with Gasteiger partial charge in [0, 0.05) is 0 Å². The molecule has 4 saturated carbocycles. The van der Waals surface area contributed by atoms with Gasteiger partial charge in [0.05, 0.1) is 12.2 Å². The van der Waals surface area contributed by atoms with Crippen LogP contribution in [0, 0.1) is 34.5 Å². The van der Waals surface area contributed by atoms with Crippen molar-refractivity contribution in [1.82, 2.24) is 0 Å². The van der Waals surface area contributed by atoms with Crippen LogP contribution < -0.4 is 0 Å². The summed E-state index contributed by atoms with van der Waals surface area (Å²) >= 11 is 0. The molecule has 2 heteroatoms. The van der Waals surface area contributed by atoms with Gasteiger partial charge in [-0.2, -0.15) is 0 Å². The molecule has 21 heavy (non-hydrogen) atoms. The lowest BCUT2D eigenvalue weighted by Gasteiger charge is -2.60. The van der Waals surface area contributed by atoms with Crippen LogP contribution in [0.3, 0.4) is 0 Å². The van der Waals surface area contributed by atoms with Crippen LogP contribution in [0.25, 0.3) is 0 Å². The Morgan fingerprint density at radius 1 is 0.810 bits per heavy atom. The highest BCUT2D eigenvalue weighted by molar-refractivity contribution is 5.10. The Balaban J connectivity index is 1.65. The standard InChI is InChI=1S/C19H32O2/c1-18-9-4-3-5-12(18)6-7-13-14(18)8-10-19(2)15(13)11-16(20)17(19)21/h12-17,20-21H,3-11H2,1-2H3/t12-,13?,14?,15?,16-,17?,18?,19?/m1/s1. The van der Waals surface area contributed by atoms with E-state index in [-0.39, 0.29) is 5.41 Å². The lowest BCUT2D eigenvalue weighted by atomic mass is 9.45. The predicted molar refractivity (Wildman–Crippen MR) is 83.7 cm³/mol. The maximum absolute atomic E-state index is 10.5. The molecule has 2 nitrogen and oxygen atoms in total. The average Bonchev–Trinajstić information content (AvgIpc) is 2.70. The Bertz CT molecular complexity index is 422. The van der Waals surface area contributed by atoms with Crippen LogP contribution in [0.2, 0.25) is 0 Å². The third-order valence-corrected chi connectivity index (χ3v) is 8.56. The van der Waals surface area contributed by atoms with Crippen LogP contribution in [-0.2, 0) is 0 Å². The number of aliphatic hydroxyl groups is 2. The molecule has 6 unspecified atom stereocenters. The summed E-state index contributed by atoms with van der Waals surface area (Å²) in [5.74, 6) is 3.12. The molecule has 4 fully saturated rings. The molecule has 0 spiro atoms. The maximum atomic E-state index is 10.5. The topological polar surface area (TPSA) is 40.5 Å². The fraction of sp³-hybridized carbons (Fsp3) is 1.00. The first kappa shape index (κ1) is 14.5. The smallest absolute Gasteiger partial charge is 0.0855 e. The van der Waals surface area contributed by atoms with E-state index < -0.39 is 12.2 Å². The largest absolute Gasteiger partial charge is 0.390 e. The van der Waals surface area contributed by atoms with Gasteiger partial charge in [0.15, 0.2) is 0 Å². The molecular weight excluding hydrogens is 260 g/mol. The van der Waals surface area contributed by atoms with Gasteiger partial charge in [0.2, 0.25) is 0 Å². The third-order valence-electron chi connectivity index (χ3n) is 8.56. The average molecular weight is 292 g/mol. The number of fused-ring (bicyclic) bond motifs is 5. The van der Waals surface area contributed by atoms with E-state index in [4.69, 9.17) is 0 Å². The molecule has 8 atom stereocenters. The second-order valence-electron chi connectivity index (χ2n) is 9.20. The maximum Gasteiger partial charge on any atom is 0.0855 e. The van der Waals surface area contributed by atoms with Gasteiger partial charge < -0.3 is 10.2 Å². The fourth-order valence-corrected chi connectivity index (χ4v) is 7.28. The van der Waals surface area contributed by atoms with Gasteiger partial charge in [0.1, 0.15) is 0 Å². The van der Waals surface area contributed by atoms with Crippen molar-refractivity contribution < 1.29 is 10.2 Å². The summed E-state index contributed by atoms with van der Waals surface area (Å²) in [6.45, 7) is 4.84. The van der Waals surface area contributed by atoms with Gasteiger partial charge in [-0.3, -0.25) is 0 Å². The summed E-state index contributed by atoms with van der Waals surface area (Å²) in [5, 5.41) is 20.7. The van der Waals surface area contributed by atoms with Crippen molar-refractivity contribution >= 4 is 0 Å². The Kier molecular flexibility index (Phi) is 3.25. The summed E-state index contributed by atoms with van der Waals surface area (Å²) in [4.78, 5) is 0. The lowest BCUT2D eigenvalue weighted by Crippen LogP contribution is -2.53. The Labute approximate surface area is 129 Å². The second kappa shape index (κ2) is 4.71. The summed E-state index contributed by atoms with van der Waals surface area (Å²) in [6.07, 6.45) is 10.8. The van der Waals surface area contributed by atoms with Crippen molar-refractivity contribution in [2.45, 2.75) is 83.8 Å². The van der Waals surface area contributed by atoms with E-state index in [1.165, 1.54) is 44.9 Å². The zero-order valence-corrected chi connectivity index (χ0v) is 13.7. The summed E-state index contributed by atoms with van der Waals surface area (Å²) in [7, 11) is 0. The second-order valence-corrected chi connectivity index (χ2v) is 9.20. The van der Waals surface area contributed by atoms with E-state index in [1.807, 2.05) is 0 Å². The van der Waals surface area contributed by atoms with Crippen LogP contribution in [0.1, 0.15) is 71.6 Å². The lowest BCUT2D eigenvalue weighted by molar-refractivity contribution is -0.123. The van der Waals surface area contributed by atoms with Crippen molar-refractivity contribution in [3.8, 4) is 0 Å². The third kappa shape index (κ3) is 1.84. The van der Waals surface area contributed by atoms with Gasteiger partial charge in [-0.05, 0) is 79.4 Å². The van der Waals surface area contributed by atoms with E-state index in [9.17, 15) is 10.2 Å². The Morgan fingerprint density at radius 3 is 2.43 bits per heavy atom. The van der Waals surface area contributed by atoms with Crippen molar-refractivity contribution in [3.05, 3.63) is 0 Å². The molecular formula is C19H32O2. The molecule has 4 aliphatic carbocycles. The van der Waals surface area contributed by atoms with Crippen molar-refractivity contribution in [1.29, 1.82) is 0 Å². The number of aliphatic hydroxyl groups excluding tert-OH is 2. The van der Waals surface area contributed by atoms with Gasteiger partial charge in [0.25, 0.3) is 0 Å². The minimum atomic E-state index is -0.486. The Hall–Kier alpha value is -0.0800. The SMILES string of the molecule is CC12CCC3C(CC[C@H]4CCCCC34C)C1C[C@@H](O)C2O. The number of rotatable bonds is 0. The van der Waals surface area contributed by atoms with E-state index in [2.05, 4.69) is 13.8 Å². The van der Waals surface area contributed by atoms with Gasteiger partial charge in [-0.25, -0.2) is 0 Å². The van der Waals surface area contributed by atoms with Crippen LogP contribution in [-0.4, -0.2) is 22.4 Å². The van der Waals surface area contributed by atoms with Crippen molar-refractivity contribution in [3.63, 3.8) is 0 Å². The zero-order valence-electron chi connectivity index (χ0n) is 13.7. The van der Waals surface area contributed by atoms with Crippen LogP contribution >= 0.6 is 0 Å². The molecule has 2 N–H and O–H groups in total. The molecule has 0 aliphatic heterocycles. The molecule has 4 aliphatic rings. The molecule has 0 aromatic rings. The minimum Gasteiger partial charge on any atom is -0.390 e.